The predicted molar refractivity (Wildman–Crippen MR) is 88.5 cm³/mol. The first-order valence-electron chi connectivity index (χ1n) is 7.06. The van der Waals surface area contributed by atoms with Gasteiger partial charge in [-0.1, -0.05) is 37.3 Å². The van der Waals surface area contributed by atoms with Crippen molar-refractivity contribution in [2.75, 3.05) is 11.6 Å². The molecule has 0 fully saturated rings. The standard InChI is InChI=1S/C16H19N3O3S/c1-11(15(17)12-6-4-3-5-7-12)16(20)19-13-8-9-14(18-10-13)23(2,21)22/h3-11,15H,17H2,1-2H3,(H,19,20). The largest absolute Gasteiger partial charge is 0.324 e. The molecule has 122 valence electrons. The molecule has 1 aromatic carbocycles. The van der Waals surface area contributed by atoms with Crippen molar-refractivity contribution in [3.63, 3.8) is 0 Å². The Morgan fingerprint density at radius 1 is 1.17 bits per heavy atom. The van der Waals surface area contributed by atoms with Gasteiger partial charge in [-0.2, -0.15) is 0 Å². The minimum absolute atomic E-state index is 0.0375. The number of carbonyl (C=O) groups excluding carboxylic acids is 1. The Hall–Kier alpha value is -2.25. The van der Waals surface area contributed by atoms with Gasteiger partial charge in [0.25, 0.3) is 0 Å². The number of pyridine rings is 1. The number of nitrogens with zero attached hydrogens (tertiary/aromatic N) is 1. The summed E-state index contributed by atoms with van der Waals surface area (Å²) in [4.78, 5) is 16.1. The Bertz CT molecular complexity index is 774. The van der Waals surface area contributed by atoms with E-state index in [4.69, 9.17) is 5.73 Å². The van der Waals surface area contributed by atoms with Crippen molar-refractivity contribution in [1.82, 2.24) is 4.98 Å². The number of rotatable bonds is 5. The van der Waals surface area contributed by atoms with Crippen molar-refractivity contribution in [2.45, 2.75) is 18.0 Å². The molecule has 2 aromatic rings. The van der Waals surface area contributed by atoms with Crippen LogP contribution in [0, 0.1) is 5.92 Å². The van der Waals surface area contributed by atoms with Crippen LogP contribution in [0.4, 0.5) is 5.69 Å². The number of benzene rings is 1. The highest BCUT2D eigenvalue weighted by molar-refractivity contribution is 7.90. The topological polar surface area (TPSA) is 102 Å². The molecule has 0 saturated carbocycles. The van der Waals surface area contributed by atoms with Crippen LogP contribution < -0.4 is 11.1 Å². The number of amides is 1. The Morgan fingerprint density at radius 3 is 2.35 bits per heavy atom. The van der Waals surface area contributed by atoms with E-state index in [9.17, 15) is 13.2 Å². The molecule has 7 heteroatoms. The first-order valence-corrected chi connectivity index (χ1v) is 8.95. The number of hydrogen-bond donors (Lipinski definition) is 2. The van der Waals surface area contributed by atoms with Gasteiger partial charge in [-0.05, 0) is 17.7 Å². The summed E-state index contributed by atoms with van der Waals surface area (Å²) in [5.74, 6) is -0.706. The van der Waals surface area contributed by atoms with Gasteiger partial charge in [0, 0.05) is 12.3 Å². The van der Waals surface area contributed by atoms with Crippen LogP contribution in [-0.4, -0.2) is 25.6 Å². The molecule has 0 spiro atoms. The van der Waals surface area contributed by atoms with Gasteiger partial charge in [-0.3, -0.25) is 4.79 Å². The number of sulfone groups is 1. The Morgan fingerprint density at radius 2 is 1.83 bits per heavy atom. The van der Waals surface area contributed by atoms with Gasteiger partial charge in [-0.25, -0.2) is 13.4 Å². The molecule has 6 nitrogen and oxygen atoms in total. The predicted octanol–water partition coefficient (Wildman–Crippen LogP) is 1.76. The second-order valence-electron chi connectivity index (χ2n) is 5.37. The van der Waals surface area contributed by atoms with Crippen LogP contribution in [0.15, 0.2) is 53.7 Å². The lowest BCUT2D eigenvalue weighted by Crippen LogP contribution is -2.30. The summed E-state index contributed by atoms with van der Waals surface area (Å²) < 4.78 is 22.7. The van der Waals surface area contributed by atoms with Crippen LogP contribution in [-0.2, 0) is 14.6 Å². The fourth-order valence-corrected chi connectivity index (χ4v) is 2.62. The smallest absolute Gasteiger partial charge is 0.229 e. The first-order chi connectivity index (χ1) is 10.8. The van der Waals surface area contributed by atoms with Gasteiger partial charge < -0.3 is 11.1 Å². The fourth-order valence-electron chi connectivity index (χ4n) is 2.06. The lowest BCUT2D eigenvalue weighted by atomic mass is 9.94. The number of hydrogen-bond acceptors (Lipinski definition) is 5. The van der Waals surface area contributed by atoms with E-state index in [1.807, 2.05) is 30.3 Å². The van der Waals surface area contributed by atoms with Gasteiger partial charge in [0.1, 0.15) is 0 Å². The molecule has 0 aliphatic heterocycles. The minimum Gasteiger partial charge on any atom is -0.324 e. The van der Waals surface area contributed by atoms with Crippen LogP contribution in [0.1, 0.15) is 18.5 Å². The summed E-state index contributed by atoms with van der Waals surface area (Å²) in [6.45, 7) is 1.74. The van der Waals surface area contributed by atoms with Crippen LogP contribution >= 0.6 is 0 Å². The molecule has 1 amide bonds. The molecule has 0 bridgehead atoms. The monoisotopic (exact) mass is 333 g/mol. The van der Waals surface area contributed by atoms with E-state index in [-0.39, 0.29) is 10.9 Å². The number of aromatic nitrogens is 1. The van der Waals surface area contributed by atoms with Gasteiger partial charge in [0.05, 0.1) is 17.8 Å². The molecule has 0 radical (unpaired) electrons. The van der Waals surface area contributed by atoms with Crippen LogP contribution in [0.5, 0.6) is 0 Å². The number of anilines is 1. The molecule has 0 aliphatic rings. The summed E-state index contributed by atoms with van der Waals surface area (Å²) in [6.07, 6.45) is 2.39. The molecular weight excluding hydrogens is 314 g/mol. The third-order valence-electron chi connectivity index (χ3n) is 3.52. The molecule has 2 unspecified atom stereocenters. The van der Waals surface area contributed by atoms with Gasteiger partial charge in [0.15, 0.2) is 14.9 Å². The minimum atomic E-state index is -3.36. The van der Waals surface area contributed by atoms with E-state index in [1.165, 1.54) is 18.3 Å². The van der Waals surface area contributed by atoms with E-state index in [0.717, 1.165) is 11.8 Å². The summed E-state index contributed by atoms with van der Waals surface area (Å²) in [6, 6.07) is 11.8. The number of nitrogens with one attached hydrogen (secondary N) is 1. The second kappa shape index (κ2) is 6.89. The average Bonchev–Trinajstić information content (AvgIpc) is 2.54. The Labute approximate surface area is 135 Å². The normalized spacial score (nSPS) is 14.0. The first kappa shape index (κ1) is 17.1. The van der Waals surface area contributed by atoms with Crippen LogP contribution in [0.25, 0.3) is 0 Å². The Balaban J connectivity index is 2.06. The fraction of sp³-hybridized carbons (Fsp3) is 0.250. The zero-order valence-corrected chi connectivity index (χ0v) is 13.7. The van der Waals surface area contributed by atoms with E-state index >= 15 is 0 Å². The number of carbonyl (C=O) groups is 1. The van der Waals surface area contributed by atoms with E-state index < -0.39 is 21.8 Å². The zero-order valence-electron chi connectivity index (χ0n) is 12.9. The highest BCUT2D eigenvalue weighted by atomic mass is 32.2. The Kier molecular flexibility index (Phi) is 5.12. The highest BCUT2D eigenvalue weighted by Gasteiger charge is 2.22. The summed E-state index contributed by atoms with van der Waals surface area (Å²) in [5, 5.41) is 2.66. The molecule has 23 heavy (non-hydrogen) atoms. The third kappa shape index (κ3) is 4.37. The lowest BCUT2D eigenvalue weighted by molar-refractivity contribution is -0.120. The summed E-state index contributed by atoms with van der Waals surface area (Å²) in [7, 11) is -3.36. The van der Waals surface area contributed by atoms with Gasteiger partial charge in [-0.15, -0.1) is 0 Å². The van der Waals surface area contributed by atoms with Crippen molar-refractivity contribution in [3.05, 3.63) is 54.2 Å². The van der Waals surface area contributed by atoms with E-state index in [2.05, 4.69) is 10.3 Å². The lowest BCUT2D eigenvalue weighted by Gasteiger charge is -2.19. The maximum atomic E-state index is 12.3. The quantitative estimate of drug-likeness (QED) is 0.868. The second-order valence-corrected chi connectivity index (χ2v) is 7.33. The van der Waals surface area contributed by atoms with E-state index in [0.29, 0.717) is 5.69 Å². The molecular formula is C16H19N3O3S. The summed E-state index contributed by atoms with van der Waals surface area (Å²) in [5.41, 5.74) is 7.42. The molecule has 1 heterocycles. The van der Waals surface area contributed by atoms with Crippen molar-refractivity contribution < 1.29 is 13.2 Å². The van der Waals surface area contributed by atoms with Crippen molar-refractivity contribution in [2.24, 2.45) is 11.7 Å². The van der Waals surface area contributed by atoms with Crippen molar-refractivity contribution >= 4 is 21.4 Å². The molecule has 1 aromatic heterocycles. The molecule has 0 saturated heterocycles. The van der Waals surface area contributed by atoms with E-state index in [1.54, 1.807) is 6.92 Å². The molecule has 2 atom stereocenters. The third-order valence-corrected chi connectivity index (χ3v) is 4.52. The SMILES string of the molecule is CC(C(=O)Nc1ccc(S(C)(=O)=O)nc1)C(N)c1ccccc1. The average molecular weight is 333 g/mol. The highest BCUT2D eigenvalue weighted by Crippen LogP contribution is 2.21. The van der Waals surface area contributed by atoms with Crippen molar-refractivity contribution in [1.29, 1.82) is 0 Å². The van der Waals surface area contributed by atoms with Crippen LogP contribution in [0.3, 0.4) is 0 Å². The maximum absolute atomic E-state index is 12.3. The van der Waals surface area contributed by atoms with Gasteiger partial charge >= 0.3 is 0 Å². The summed E-state index contributed by atoms with van der Waals surface area (Å²) >= 11 is 0. The van der Waals surface area contributed by atoms with Crippen LogP contribution in [0.2, 0.25) is 0 Å². The molecule has 0 aliphatic carbocycles. The van der Waals surface area contributed by atoms with Gasteiger partial charge in [0.2, 0.25) is 5.91 Å². The number of nitrogens with two attached hydrogens (primary N) is 1. The van der Waals surface area contributed by atoms with Crippen molar-refractivity contribution in [3.8, 4) is 0 Å². The maximum Gasteiger partial charge on any atom is 0.229 e. The molecule has 3 N–H and O–H groups in total. The zero-order chi connectivity index (χ0) is 17.0. The molecule has 2 rings (SSSR count).